The summed E-state index contributed by atoms with van der Waals surface area (Å²) in [7, 11) is 2.07. The highest BCUT2D eigenvalue weighted by Gasteiger charge is 2.32. The molecule has 0 spiro atoms. The van der Waals surface area contributed by atoms with Crippen molar-refractivity contribution < 1.29 is 9.84 Å². The van der Waals surface area contributed by atoms with Gasteiger partial charge in [0.1, 0.15) is 0 Å². The molecule has 96 valence electrons. The maximum atomic E-state index is 10.4. The molecule has 0 saturated carbocycles. The summed E-state index contributed by atoms with van der Waals surface area (Å²) >= 11 is 4.35. The van der Waals surface area contributed by atoms with E-state index in [1.165, 1.54) is 0 Å². The largest absolute Gasteiger partial charge is 0.388 e. The molecule has 1 N–H and O–H groups in total. The maximum absolute atomic E-state index is 10.4. The van der Waals surface area contributed by atoms with E-state index < -0.39 is 5.60 Å². The van der Waals surface area contributed by atoms with Crippen molar-refractivity contribution in [3.8, 4) is 0 Å². The van der Waals surface area contributed by atoms with E-state index in [1.54, 1.807) is 0 Å². The normalized spacial score (nSPS) is 21.4. The number of nitrogens with zero attached hydrogens (tertiary/aromatic N) is 1. The predicted molar refractivity (Wildman–Crippen MR) is 70.1 cm³/mol. The molecule has 1 fully saturated rings. The van der Waals surface area contributed by atoms with Gasteiger partial charge in [0.25, 0.3) is 0 Å². The fraction of sp³-hybridized carbons (Fsp3) is 1.00. The molecule has 0 amide bonds. The Balaban J connectivity index is 2.40. The first-order chi connectivity index (χ1) is 7.37. The van der Waals surface area contributed by atoms with Crippen molar-refractivity contribution in [2.75, 3.05) is 39.1 Å². The highest BCUT2D eigenvalue weighted by Crippen LogP contribution is 2.24. The Morgan fingerprint density at radius 1 is 1.38 bits per heavy atom. The molecule has 1 rings (SSSR count). The fourth-order valence-electron chi connectivity index (χ4n) is 2.25. The van der Waals surface area contributed by atoms with Gasteiger partial charge < -0.3 is 14.7 Å². The number of aliphatic hydroxyl groups is 1. The molecule has 0 aromatic carbocycles. The Morgan fingerprint density at radius 2 is 1.94 bits per heavy atom. The van der Waals surface area contributed by atoms with Crippen LogP contribution in [0.2, 0.25) is 0 Å². The Labute approximate surface area is 105 Å². The van der Waals surface area contributed by atoms with E-state index in [4.69, 9.17) is 4.74 Å². The molecule has 1 heterocycles. The van der Waals surface area contributed by atoms with Crippen LogP contribution in [0.1, 0.15) is 26.7 Å². The average molecular weight is 247 g/mol. The minimum absolute atomic E-state index is 0.194. The van der Waals surface area contributed by atoms with Crippen LogP contribution in [-0.4, -0.2) is 54.7 Å². The molecule has 0 radical (unpaired) electrons. The van der Waals surface area contributed by atoms with Crippen molar-refractivity contribution in [1.29, 1.82) is 0 Å². The van der Waals surface area contributed by atoms with Gasteiger partial charge >= 0.3 is 0 Å². The summed E-state index contributed by atoms with van der Waals surface area (Å²) in [6.45, 7) is 7.45. The van der Waals surface area contributed by atoms with Gasteiger partial charge in [-0.2, -0.15) is 12.6 Å². The van der Waals surface area contributed by atoms with E-state index in [0.29, 0.717) is 13.2 Å². The lowest BCUT2D eigenvalue weighted by Crippen LogP contribution is -2.47. The Hall–Kier alpha value is 0.230. The molecule has 0 aliphatic carbocycles. The Kier molecular flexibility index (Phi) is 5.10. The lowest BCUT2D eigenvalue weighted by Gasteiger charge is -2.38. The minimum atomic E-state index is -0.556. The minimum Gasteiger partial charge on any atom is -0.388 e. The molecule has 1 saturated heterocycles. The smallest absolute Gasteiger partial charge is 0.0817 e. The molecule has 0 aromatic heterocycles. The van der Waals surface area contributed by atoms with E-state index in [0.717, 1.165) is 31.7 Å². The second-order valence-corrected chi connectivity index (χ2v) is 6.15. The average Bonchev–Trinajstić information content (AvgIpc) is 2.17. The summed E-state index contributed by atoms with van der Waals surface area (Å²) < 4.78 is 5.28. The molecule has 0 bridgehead atoms. The van der Waals surface area contributed by atoms with Crippen LogP contribution < -0.4 is 0 Å². The van der Waals surface area contributed by atoms with Gasteiger partial charge in [-0.3, -0.25) is 0 Å². The standard InChI is InChI=1S/C12H25NO2S/c1-11(2,10-16)8-13(3)9-12(14)4-6-15-7-5-12/h14,16H,4-10H2,1-3H3. The van der Waals surface area contributed by atoms with Crippen LogP contribution in [0.5, 0.6) is 0 Å². The summed E-state index contributed by atoms with van der Waals surface area (Å²) in [6, 6.07) is 0. The first-order valence-corrected chi connectivity index (χ1v) is 6.60. The summed E-state index contributed by atoms with van der Waals surface area (Å²) in [5.41, 5.74) is -0.362. The molecular weight excluding hydrogens is 222 g/mol. The van der Waals surface area contributed by atoms with Crippen molar-refractivity contribution >= 4 is 12.6 Å². The van der Waals surface area contributed by atoms with Crippen molar-refractivity contribution in [1.82, 2.24) is 4.90 Å². The van der Waals surface area contributed by atoms with Gasteiger partial charge in [0.2, 0.25) is 0 Å². The third-order valence-electron chi connectivity index (χ3n) is 3.11. The lowest BCUT2D eigenvalue weighted by molar-refractivity contribution is -0.0791. The van der Waals surface area contributed by atoms with Gasteiger partial charge in [-0.1, -0.05) is 13.8 Å². The molecule has 4 heteroatoms. The van der Waals surface area contributed by atoms with Crippen LogP contribution in [0.15, 0.2) is 0 Å². The van der Waals surface area contributed by atoms with Crippen molar-refractivity contribution in [2.24, 2.45) is 5.41 Å². The fourth-order valence-corrected chi connectivity index (χ4v) is 2.35. The summed E-state index contributed by atoms with van der Waals surface area (Å²) in [4.78, 5) is 2.21. The van der Waals surface area contributed by atoms with Gasteiger partial charge in [-0.25, -0.2) is 0 Å². The van der Waals surface area contributed by atoms with Crippen LogP contribution in [-0.2, 0) is 4.74 Å². The van der Waals surface area contributed by atoms with Crippen molar-refractivity contribution in [2.45, 2.75) is 32.3 Å². The Morgan fingerprint density at radius 3 is 2.44 bits per heavy atom. The number of thiol groups is 1. The molecular formula is C12H25NO2S. The number of hydrogen-bond donors (Lipinski definition) is 2. The van der Waals surface area contributed by atoms with Crippen LogP contribution in [0.4, 0.5) is 0 Å². The maximum Gasteiger partial charge on any atom is 0.0817 e. The Bertz CT molecular complexity index is 215. The summed E-state index contributed by atoms with van der Waals surface area (Å²) in [5.74, 6) is 0.860. The van der Waals surface area contributed by atoms with Crippen LogP contribution in [0, 0.1) is 5.41 Å². The van der Waals surface area contributed by atoms with Gasteiger partial charge in [-0.15, -0.1) is 0 Å². The highest BCUT2D eigenvalue weighted by atomic mass is 32.1. The monoisotopic (exact) mass is 247 g/mol. The molecule has 3 nitrogen and oxygen atoms in total. The van der Waals surface area contributed by atoms with Crippen LogP contribution >= 0.6 is 12.6 Å². The van der Waals surface area contributed by atoms with E-state index >= 15 is 0 Å². The molecule has 1 aliphatic heterocycles. The van der Waals surface area contributed by atoms with E-state index in [9.17, 15) is 5.11 Å². The number of rotatable bonds is 5. The summed E-state index contributed by atoms with van der Waals surface area (Å²) in [6.07, 6.45) is 1.50. The quantitative estimate of drug-likeness (QED) is 0.721. The number of likely N-dealkylation sites (N-methyl/N-ethyl adjacent to an activating group) is 1. The first-order valence-electron chi connectivity index (χ1n) is 5.96. The van der Waals surface area contributed by atoms with Crippen LogP contribution in [0.25, 0.3) is 0 Å². The molecule has 16 heavy (non-hydrogen) atoms. The van der Waals surface area contributed by atoms with Gasteiger partial charge in [0.05, 0.1) is 5.60 Å². The topological polar surface area (TPSA) is 32.7 Å². The van der Waals surface area contributed by atoms with Crippen LogP contribution in [0.3, 0.4) is 0 Å². The summed E-state index contributed by atoms with van der Waals surface area (Å²) in [5, 5.41) is 10.4. The molecule has 0 unspecified atom stereocenters. The SMILES string of the molecule is CN(CC(C)(C)CS)CC1(O)CCOCC1. The van der Waals surface area contributed by atoms with E-state index in [2.05, 4.69) is 38.4 Å². The third kappa shape index (κ3) is 4.62. The highest BCUT2D eigenvalue weighted by molar-refractivity contribution is 7.80. The lowest BCUT2D eigenvalue weighted by atomic mass is 9.91. The second-order valence-electron chi connectivity index (χ2n) is 5.83. The second kappa shape index (κ2) is 5.71. The first kappa shape index (κ1) is 14.3. The third-order valence-corrected chi connectivity index (χ3v) is 3.97. The predicted octanol–water partition coefficient (Wildman–Crippen LogP) is 1.42. The molecule has 0 aromatic rings. The number of ether oxygens (including phenoxy) is 1. The zero-order valence-corrected chi connectivity index (χ0v) is 11.6. The van der Waals surface area contributed by atoms with Gasteiger partial charge in [0, 0.05) is 39.1 Å². The van der Waals surface area contributed by atoms with Gasteiger partial charge in [0.15, 0.2) is 0 Å². The van der Waals surface area contributed by atoms with Gasteiger partial charge in [-0.05, 0) is 18.2 Å². The molecule has 1 aliphatic rings. The number of hydrogen-bond acceptors (Lipinski definition) is 4. The van der Waals surface area contributed by atoms with E-state index in [1.807, 2.05) is 0 Å². The molecule has 0 atom stereocenters. The zero-order chi connectivity index (χ0) is 12.2. The zero-order valence-electron chi connectivity index (χ0n) is 10.7. The van der Waals surface area contributed by atoms with Crippen molar-refractivity contribution in [3.05, 3.63) is 0 Å². The van der Waals surface area contributed by atoms with Crippen molar-refractivity contribution in [3.63, 3.8) is 0 Å². The van der Waals surface area contributed by atoms with E-state index in [-0.39, 0.29) is 5.41 Å².